The van der Waals surface area contributed by atoms with Crippen LogP contribution in [0.15, 0.2) is 228 Å². The number of alkyl carbamates (subject to hydrolysis) is 1. The molecule has 1 N–H and O–H groups in total. The molecule has 3 fully saturated rings. The van der Waals surface area contributed by atoms with Crippen LogP contribution in [0.4, 0.5) is 4.79 Å². The van der Waals surface area contributed by atoms with Gasteiger partial charge in [0.1, 0.15) is 48.3 Å². The summed E-state index contributed by atoms with van der Waals surface area (Å²) in [5.74, 6) is 0. The highest BCUT2D eigenvalue weighted by atomic mass is 16.7. The fraction of sp³-hybridized carbons (Fsp3) is 0.403. The molecule has 0 radical (unpaired) electrons. The second kappa shape index (κ2) is 35.7. The van der Waals surface area contributed by atoms with E-state index in [4.69, 9.17) is 56.8 Å². The van der Waals surface area contributed by atoms with Gasteiger partial charge in [-0.15, -0.1) is 0 Å². The molecule has 1 aliphatic carbocycles. The Morgan fingerprint density at radius 1 is 0.421 bits per heavy atom. The number of nitrogens with zero attached hydrogens (tertiary/aromatic N) is 9. The van der Waals surface area contributed by atoms with Crippen LogP contribution in [0, 0.1) is 0 Å². The highest BCUT2D eigenvalue weighted by molar-refractivity contribution is 5.67. The normalized spacial score (nSPS) is 25.8. The van der Waals surface area contributed by atoms with Crippen molar-refractivity contribution >= 4 is 6.09 Å². The average molecular weight is 1290 g/mol. The molecule has 2 aliphatic heterocycles. The van der Waals surface area contributed by atoms with Crippen molar-refractivity contribution in [3.05, 3.63) is 283 Å². The number of azide groups is 3. The summed E-state index contributed by atoms with van der Waals surface area (Å²) in [5.41, 5.74) is 36.6. The molecule has 7 aromatic carbocycles. The van der Waals surface area contributed by atoms with Crippen molar-refractivity contribution < 1.29 is 61.6 Å². The Balaban J connectivity index is 1.08. The van der Waals surface area contributed by atoms with Crippen molar-refractivity contribution in [3.63, 3.8) is 0 Å². The minimum atomic E-state index is -1.45. The first-order valence-electron chi connectivity index (χ1n) is 31.8. The minimum absolute atomic E-state index is 0.00668. The summed E-state index contributed by atoms with van der Waals surface area (Å²) in [6, 6.07) is 63.3. The number of benzene rings is 7. The predicted molar refractivity (Wildman–Crippen MR) is 351 cm³/mol. The minimum Gasteiger partial charge on any atom is -0.444 e. The number of carbonyl (C=O) groups is 1. The van der Waals surface area contributed by atoms with Crippen LogP contribution < -0.4 is 5.32 Å². The molecule has 0 spiro atoms. The van der Waals surface area contributed by atoms with Crippen LogP contribution in [0.2, 0.25) is 0 Å². The zero-order valence-electron chi connectivity index (χ0n) is 53.3. The van der Waals surface area contributed by atoms with Crippen LogP contribution in [-0.2, 0) is 103 Å². The van der Waals surface area contributed by atoms with Crippen LogP contribution in [0.3, 0.4) is 0 Å². The summed E-state index contributed by atoms with van der Waals surface area (Å²) < 4.78 is 83.0. The van der Waals surface area contributed by atoms with Crippen LogP contribution in [-0.4, -0.2) is 117 Å². The van der Waals surface area contributed by atoms with Crippen molar-refractivity contribution in [3.8, 4) is 0 Å². The number of ether oxygens (including phenoxy) is 12. The summed E-state index contributed by atoms with van der Waals surface area (Å²) in [6.07, 6.45) is -15.1. The Hall–Kier alpha value is -8.70. The van der Waals surface area contributed by atoms with Crippen LogP contribution in [0.5, 0.6) is 0 Å². The molecule has 1 amide bonds. The lowest BCUT2D eigenvalue weighted by Crippen LogP contribution is -2.66. The Kier molecular flexibility index (Phi) is 26.0. The number of nitrogens with one attached hydrogen (secondary N) is 1. The maximum Gasteiger partial charge on any atom is 0.407 e. The van der Waals surface area contributed by atoms with Gasteiger partial charge >= 0.3 is 6.09 Å². The summed E-state index contributed by atoms with van der Waals surface area (Å²) >= 11 is 0. The van der Waals surface area contributed by atoms with E-state index in [0.29, 0.717) is 0 Å². The van der Waals surface area contributed by atoms with Gasteiger partial charge in [-0.1, -0.05) is 228 Å². The SMILES string of the molecule is CC(C)(C)OC(=O)NC[C@H]1O[C@H](O[C@H]2[C@H](OCc3ccccc3)[C@@H](O[C@H]3O[C@H](COCc4ccccc4)[C@@H](OCc4ccccc4)[C@H](N=[N+]=[N-])[C@H]3OCc3ccccc3)[C@H](N=[N+]=[N-])C[C@@H]2N=[N+]=[N-])[C@H](OCc2ccccc2)[C@@H](OCc2ccccc2)[C@@H]1OCc1ccccc1. The van der Waals surface area contributed by atoms with E-state index in [-0.39, 0.29) is 65.8 Å². The van der Waals surface area contributed by atoms with Gasteiger partial charge in [0.15, 0.2) is 12.6 Å². The summed E-state index contributed by atoms with van der Waals surface area (Å²) in [6.45, 7) is 5.52. The fourth-order valence-electron chi connectivity index (χ4n) is 11.7. The summed E-state index contributed by atoms with van der Waals surface area (Å²) in [4.78, 5) is 23.7. The third-order valence-corrected chi connectivity index (χ3v) is 16.2. The lowest BCUT2D eigenvalue weighted by atomic mass is 9.83. The number of rotatable bonds is 31. The Morgan fingerprint density at radius 2 is 0.747 bits per heavy atom. The zero-order chi connectivity index (χ0) is 66.0. The first-order valence-corrected chi connectivity index (χ1v) is 31.8. The van der Waals surface area contributed by atoms with Gasteiger partial charge in [-0.3, -0.25) is 0 Å². The molecular weight excluding hydrogens is 1210 g/mol. The van der Waals surface area contributed by atoms with Crippen molar-refractivity contribution in [2.75, 3.05) is 13.2 Å². The van der Waals surface area contributed by atoms with E-state index in [1.54, 1.807) is 20.8 Å². The average Bonchev–Trinajstić information content (AvgIpc) is 0.799. The van der Waals surface area contributed by atoms with Gasteiger partial charge in [-0.05, 0) is 82.7 Å². The fourth-order valence-corrected chi connectivity index (χ4v) is 11.7. The number of amides is 1. The van der Waals surface area contributed by atoms with E-state index < -0.39 is 103 Å². The summed E-state index contributed by atoms with van der Waals surface area (Å²) in [7, 11) is 0. The highest BCUT2D eigenvalue weighted by Crippen LogP contribution is 2.40. The third-order valence-electron chi connectivity index (χ3n) is 16.2. The third kappa shape index (κ3) is 20.4. The first kappa shape index (κ1) is 69.1. The maximum atomic E-state index is 13.7. The van der Waals surface area contributed by atoms with E-state index in [0.717, 1.165) is 38.9 Å². The number of hydrogen-bond donors (Lipinski definition) is 1. The molecule has 0 aromatic heterocycles. The van der Waals surface area contributed by atoms with Crippen LogP contribution in [0.1, 0.15) is 66.1 Å². The van der Waals surface area contributed by atoms with Gasteiger partial charge < -0.3 is 62.2 Å². The van der Waals surface area contributed by atoms with E-state index in [1.807, 2.05) is 212 Å². The largest absolute Gasteiger partial charge is 0.444 e. The Labute approximate surface area is 552 Å². The molecule has 2 saturated heterocycles. The van der Waals surface area contributed by atoms with Crippen molar-refractivity contribution in [1.82, 2.24) is 5.32 Å². The van der Waals surface area contributed by atoms with Gasteiger partial charge in [0.25, 0.3) is 0 Å². The molecular formula is C72H80N10O13. The zero-order valence-corrected chi connectivity index (χ0v) is 53.3. The molecule has 1 saturated carbocycles. The molecule has 23 heteroatoms. The molecule has 95 heavy (non-hydrogen) atoms. The maximum absolute atomic E-state index is 13.7. The van der Waals surface area contributed by atoms with Gasteiger partial charge in [-0.25, -0.2) is 4.79 Å². The lowest BCUT2D eigenvalue weighted by Gasteiger charge is -2.51. The molecule has 0 bridgehead atoms. The van der Waals surface area contributed by atoms with Crippen molar-refractivity contribution in [2.24, 2.45) is 15.3 Å². The first-order chi connectivity index (χ1) is 46.5. The number of hydrogen-bond acceptors (Lipinski definition) is 16. The van der Waals surface area contributed by atoms with Gasteiger partial charge in [0.05, 0.1) is 89.3 Å². The summed E-state index contributed by atoms with van der Waals surface area (Å²) in [5, 5.41) is 16.0. The molecule has 2 heterocycles. The Morgan fingerprint density at radius 3 is 1.14 bits per heavy atom. The van der Waals surface area contributed by atoms with Crippen LogP contribution >= 0.6 is 0 Å². The second-order valence-corrected chi connectivity index (χ2v) is 24.2. The topological polar surface area (TPSA) is 286 Å². The second-order valence-electron chi connectivity index (χ2n) is 24.2. The predicted octanol–water partition coefficient (Wildman–Crippen LogP) is 13.9. The van der Waals surface area contributed by atoms with Crippen LogP contribution in [0.25, 0.3) is 31.3 Å². The molecule has 3 aliphatic rings. The number of carbonyl (C=O) groups excluding carboxylic acids is 1. The molecule has 496 valence electrons. The Bertz CT molecular complexity index is 3560. The molecule has 0 unspecified atom stereocenters. The quantitative estimate of drug-likeness (QED) is 0.0240. The van der Waals surface area contributed by atoms with Crippen molar-refractivity contribution in [2.45, 2.75) is 171 Å². The van der Waals surface area contributed by atoms with Gasteiger partial charge in [0, 0.05) is 21.3 Å². The van der Waals surface area contributed by atoms with E-state index in [2.05, 4.69) is 35.4 Å². The standard InChI is InChI=1S/C72H80N10O13/c1-72(2,3)95-71(83)76-40-58-64(86-43-51-29-15-6-16-30-51)67(89-46-54-35-21-9-22-36-54)68(90-47-55-37-23-10-24-38-55)70(91-58)94-62-57(78-81-74)39-56(77-80-73)61(66(62)88-45-53-33-19-8-20-34-53)93-69-65(87-44-52-31-17-7-18-32-52)60(79-82-75)63(85-42-50-27-13-5-14-28-50)59(92-69)48-84-41-49-25-11-4-12-26-49/h4-38,56-70H,39-48H2,1-3H3,(H,76,83)/t56-,57+,58-,59-,60+,61+,62-,63-,64-,65-,66-,67+,68-,69-,70-/m1/s1. The smallest absolute Gasteiger partial charge is 0.407 e. The lowest BCUT2D eigenvalue weighted by molar-refractivity contribution is -0.351. The molecule has 10 rings (SSSR count). The van der Waals surface area contributed by atoms with Gasteiger partial charge in [0.2, 0.25) is 0 Å². The van der Waals surface area contributed by atoms with Crippen molar-refractivity contribution in [1.29, 1.82) is 0 Å². The molecule has 23 nitrogen and oxygen atoms in total. The van der Waals surface area contributed by atoms with E-state index in [1.165, 1.54) is 0 Å². The molecule has 7 aromatic rings. The molecule has 15 atom stereocenters. The van der Waals surface area contributed by atoms with E-state index in [9.17, 15) is 21.4 Å². The highest BCUT2D eigenvalue weighted by Gasteiger charge is 2.56. The monoisotopic (exact) mass is 1290 g/mol. The van der Waals surface area contributed by atoms with E-state index >= 15 is 0 Å². The van der Waals surface area contributed by atoms with Gasteiger partial charge in [-0.2, -0.15) is 0 Å².